The Morgan fingerprint density at radius 1 is 1.12 bits per heavy atom. The van der Waals surface area contributed by atoms with Crippen LogP contribution in [-0.2, 0) is 0 Å². The SMILES string of the molecule is NC1CCCC(c2cccc3cccnc23)C1. The van der Waals surface area contributed by atoms with Gasteiger partial charge in [0.15, 0.2) is 0 Å². The smallest absolute Gasteiger partial charge is 0.0736 e. The second kappa shape index (κ2) is 4.46. The van der Waals surface area contributed by atoms with Gasteiger partial charge in [0, 0.05) is 17.6 Å². The zero-order chi connectivity index (χ0) is 11.7. The summed E-state index contributed by atoms with van der Waals surface area (Å²) in [6.07, 6.45) is 6.66. The van der Waals surface area contributed by atoms with E-state index in [4.69, 9.17) is 5.73 Å². The third-order valence-electron chi connectivity index (χ3n) is 3.82. The molecular formula is C15H18N2. The monoisotopic (exact) mass is 226 g/mol. The number of rotatable bonds is 1. The first-order chi connectivity index (χ1) is 8.34. The quantitative estimate of drug-likeness (QED) is 0.811. The van der Waals surface area contributed by atoms with Crippen molar-refractivity contribution in [3.63, 3.8) is 0 Å². The van der Waals surface area contributed by atoms with E-state index in [0.717, 1.165) is 11.9 Å². The van der Waals surface area contributed by atoms with Crippen LogP contribution in [0.3, 0.4) is 0 Å². The fourth-order valence-electron chi connectivity index (χ4n) is 2.97. The lowest BCUT2D eigenvalue weighted by Gasteiger charge is -2.27. The first-order valence-electron chi connectivity index (χ1n) is 6.44. The van der Waals surface area contributed by atoms with Gasteiger partial charge >= 0.3 is 0 Å². The summed E-state index contributed by atoms with van der Waals surface area (Å²) in [4.78, 5) is 4.54. The predicted molar refractivity (Wildman–Crippen MR) is 70.9 cm³/mol. The van der Waals surface area contributed by atoms with Crippen LogP contribution in [0, 0.1) is 0 Å². The van der Waals surface area contributed by atoms with Crippen LogP contribution in [0.5, 0.6) is 0 Å². The van der Waals surface area contributed by atoms with Crippen molar-refractivity contribution in [1.29, 1.82) is 0 Å². The molecule has 17 heavy (non-hydrogen) atoms. The molecule has 1 aliphatic rings. The molecule has 0 spiro atoms. The number of nitrogens with zero attached hydrogens (tertiary/aromatic N) is 1. The van der Waals surface area contributed by atoms with Gasteiger partial charge in [-0.25, -0.2) is 0 Å². The molecule has 1 heterocycles. The van der Waals surface area contributed by atoms with Crippen LogP contribution in [0.25, 0.3) is 10.9 Å². The molecule has 1 aromatic carbocycles. The fourth-order valence-corrected chi connectivity index (χ4v) is 2.97. The van der Waals surface area contributed by atoms with Crippen LogP contribution in [0.2, 0.25) is 0 Å². The van der Waals surface area contributed by atoms with E-state index in [9.17, 15) is 0 Å². The highest BCUT2D eigenvalue weighted by molar-refractivity contribution is 5.82. The highest BCUT2D eigenvalue weighted by Gasteiger charge is 2.22. The summed E-state index contributed by atoms with van der Waals surface area (Å²) in [5.74, 6) is 0.595. The highest BCUT2D eigenvalue weighted by atomic mass is 14.7. The van der Waals surface area contributed by atoms with Gasteiger partial charge in [-0.1, -0.05) is 30.7 Å². The Balaban J connectivity index is 2.04. The van der Waals surface area contributed by atoms with Gasteiger partial charge in [0.05, 0.1) is 5.52 Å². The molecule has 2 nitrogen and oxygen atoms in total. The Bertz CT molecular complexity index is 516. The normalized spacial score (nSPS) is 25.0. The topological polar surface area (TPSA) is 38.9 Å². The van der Waals surface area contributed by atoms with Crippen LogP contribution in [0.4, 0.5) is 0 Å². The number of fused-ring (bicyclic) bond motifs is 1. The molecule has 2 atom stereocenters. The average molecular weight is 226 g/mol. The second-order valence-corrected chi connectivity index (χ2v) is 5.05. The fraction of sp³-hybridized carbons (Fsp3) is 0.400. The summed E-state index contributed by atoms with van der Waals surface area (Å²) in [6, 6.07) is 11.0. The minimum absolute atomic E-state index is 0.368. The van der Waals surface area contributed by atoms with Gasteiger partial charge in [-0.05, 0) is 36.8 Å². The number of nitrogens with two attached hydrogens (primary N) is 1. The van der Waals surface area contributed by atoms with E-state index < -0.39 is 0 Å². The molecule has 0 amide bonds. The summed E-state index contributed by atoms with van der Waals surface area (Å²) in [5, 5.41) is 1.24. The lowest BCUT2D eigenvalue weighted by molar-refractivity contribution is 0.394. The van der Waals surface area contributed by atoms with E-state index in [2.05, 4.69) is 29.2 Å². The van der Waals surface area contributed by atoms with Gasteiger partial charge in [-0.15, -0.1) is 0 Å². The molecule has 0 saturated heterocycles. The van der Waals surface area contributed by atoms with Gasteiger partial charge in [0.25, 0.3) is 0 Å². The van der Waals surface area contributed by atoms with Crippen LogP contribution in [0.15, 0.2) is 36.5 Å². The molecule has 0 bridgehead atoms. The van der Waals surface area contributed by atoms with Crippen molar-refractivity contribution in [3.8, 4) is 0 Å². The number of benzene rings is 1. The molecule has 2 unspecified atom stereocenters. The Kier molecular flexibility index (Phi) is 2.81. The number of pyridine rings is 1. The molecule has 0 aliphatic heterocycles. The van der Waals surface area contributed by atoms with Gasteiger partial charge in [-0.3, -0.25) is 4.98 Å². The third kappa shape index (κ3) is 2.05. The van der Waals surface area contributed by atoms with E-state index in [0.29, 0.717) is 12.0 Å². The maximum absolute atomic E-state index is 6.09. The van der Waals surface area contributed by atoms with Crippen molar-refractivity contribution in [1.82, 2.24) is 4.98 Å². The van der Waals surface area contributed by atoms with Gasteiger partial charge in [0.1, 0.15) is 0 Å². The van der Waals surface area contributed by atoms with E-state index in [1.54, 1.807) is 0 Å². The Labute approximate surface area is 102 Å². The Morgan fingerprint density at radius 2 is 2.00 bits per heavy atom. The molecule has 2 N–H and O–H groups in total. The zero-order valence-electron chi connectivity index (χ0n) is 9.97. The average Bonchev–Trinajstić information content (AvgIpc) is 2.38. The van der Waals surface area contributed by atoms with Crippen LogP contribution >= 0.6 is 0 Å². The van der Waals surface area contributed by atoms with Crippen molar-refractivity contribution < 1.29 is 0 Å². The molecule has 1 saturated carbocycles. The van der Waals surface area contributed by atoms with Crippen LogP contribution in [0.1, 0.15) is 37.2 Å². The summed E-state index contributed by atoms with van der Waals surface area (Å²) < 4.78 is 0. The van der Waals surface area contributed by atoms with Crippen molar-refractivity contribution >= 4 is 10.9 Å². The first-order valence-corrected chi connectivity index (χ1v) is 6.44. The van der Waals surface area contributed by atoms with Crippen molar-refractivity contribution in [2.24, 2.45) is 5.73 Å². The zero-order valence-corrected chi connectivity index (χ0v) is 9.97. The van der Waals surface area contributed by atoms with Gasteiger partial charge < -0.3 is 5.73 Å². The van der Waals surface area contributed by atoms with Crippen molar-refractivity contribution in [2.75, 3.05) is 0 Å². The number of aromatic nitrogens is 1. The summed E-state index contributed by atoms with van der Waals surface area (Å²) in [5.41, 5.74) is 8.63. The molecular weight excluding hydrogens is 208 g/mol. The predicted octanol–water partition coefficient (Wildman–Crippen LogP) is 3.22. The minimum atomic E-state index is 0.368. The van der Waals surface area contributed by atoms with Crippen molar-refractivity contribution in [2.45, 2.75) is 37.6 Å². The lowest BCUT2D eigenvalue weighted by atomic mass is 9.81. The maximum Gasteiger partial charge on any atom is 0.0736 e. The highest BCUT2D eigenvalue weighted by Crippen LogP contribution is 2.35. The van der Waals surface area contributed by atoms with Crippen LogP contribution in [-0.4, -0.2) is 11.0 Å². The molecule has 1 aliphatic carbocycles. The van der Waals surface area contributed by atoms with Crippen molar-refractivity contribution in [3.05, 3.63) is 42.1 Å². The minimum Gasteiger partial charge on any atom is -0.328 e. The summed E-state index contributed by atoms with van der Waals surface area (Å²) in [6.45, 7) is 0. The lowest BCUT2D eigenvalue weighted by Crippen LogP contribution is -2.26. The first kappa shape index (κ1) is 10.7. The third-order valence-corrected chi connectivity index (χ3v) is 3.82. The molecule has 3 rings (SSSR count). The summed E-state index contributed by atoms with van der Waals surface area (Å²) in [7, 11) is 0. The molecule has 1 fully saturated rings. The van der Waals surface area contributed by atoms with Crippen LogP contribution < -0.4 is 5.73 Å². The molecule has 2 heteroatoms. The number of hydrogen-bond acceptors (Lipinski definition) is 2. The maximum atomic E-state index is 6.09. The number of hydrogen-bond donors (Lipinski definition) is 1. The standard InChI is InChI=1S/C15H18N2/c16-13-7-1-5-12(10-13)14-8-2-4-11-6-3-9-17-15(11)14/h2-4,6,8-9,12-13H,1,5,7,10,16H2. The molecule has 1 aromatic heterocycles. The largest absolute Gasteiger partial charge is 0.328 e. The Hall–Kier alpha value is -1.41. The Morgan fingerprint density at radius 3 is 2.88 bits per heavy atom. The van der Waals surface area contributed by atoms with E-state index in [1.807, 2.05) is 12.3 Å². The molecule has 2 aromatic rings. The number of para-hydroxylation sites is 1. The van der Waals surface area contributed by atoms with Gasteiger partial charge in [-0.2, -0.15) is 0 Å². The molecule has 0 radical (unpaired) electrons. The van der Waals surface area contributed by atoms with E-state index in [-0.39, 0.29) is 0 Å². The summed E-state index contributed by atoms with van der Waals surface area (Å²) >= 11 is 0. The van der Waals surface area contributed by atoms with Gasteiger partial charge in [0.2, 0.25) is 0 Å². The molecule has 88 valence electrons. The van der Waals surface area contributed by atoms with E-state index in [1.165, 1.54) is 30.2 Å². The second-order valence-electron chi connectivity index (χ2n) is 5.05. The van der Waals surface area contributed by atoms with E-state index >= 15 is 0 Å².